The van der Waals surface area contributed by atoms with Gasteiger partial charge in [-0.05, 0) is 45.7 Å². The molecule has 5 heteroatoms. The van der Waals surface area contributed by atoms with Crippen molar-refractivity contribution in [3.63, 3.8) is 0 Å². The van der Waals surface area contributed by atoms with Crippen LogP contribution in [0.1, 0.15) is 38.7 Å². The van der Waals surface area contributed by atoms with Crippen LogP contribution >= 0.6 is 0 Å². The second-order valence-corrected chi connectivity index (χ2v) is 7.11. The number of nitrogens with one attached hydrogen (secondary N) is 1. The molecule has 0 radical (unpaired) electrons. The second kappa shape index (κ2) is 9.04. The Balaban J connectivity index is 1.78. The summed E-state index contributed by atoms with van der Waals surface area (Å²) in [7, 11) is 2.07. The lowest BCUT2D eigenvalue weighted by Gasteiger charge is -2.29. The number of hydrogen-bond acceptors (Lipinski definition) is 3. The fraction of sp³-hybridized carbons (Fsp3) is 0.632. The minimum absolute atomic E-state index is 0.00115. The number of rotatable bonds is 7. The van der Waals surface area contributed by atoms with Gasteiger partial charge in [0.2, 0.25) is 0 Å². The standard InChI is InChI=1S/C19H31N3O2/c1-15(13-21(3)14-17-8-5-4-6-9-17)20-19(24)22-11-7-10-18(22)12-16(2)23/h4-6,8-9,15-16,18,23H,7,10-14H2,1-3H3,(H,20,24). The first-order chi connectivity index (χ1) is 11.5. The zero-order chi connectivity index (χ0) is 17.5. The Morgan fingerprint density at radius 2 is 2.08 bits per heavy atom. The fourth-order valence-corrected chi connectivity index (χ4v) is 3.51. The third-order valence-corrected chi connectivity index (χ3v) is 4.50. The first-order valence-electron chi connectivity index (χ1n) is 8.93. The van der Waals surface area contributed by atoms with Gasteiger partial charge in [-0.3, -0.25) is 0 Å². The van der Waals surface area contributed by atoms with Gasteiger partial charge in [0, 0.05) is 31.7 Å². The van der Waals surface area contributed by atoms with Crippen LogP contribution in [-0.2, 0) is 6.54 Å². The Hall–Kier alpha value is -1.59. The Morgan fingerprint density at radius 3 is 2.75 bits per heavy atom. The molecule has 3 unspecified atom stereocenters. The maximum atomic E-state index is 12.5. The molecule has 0 aliphatic carbocycles. The number of carbonyl (C=O) groups excluding carboxylic acids is 1. The molecule has 1 heterocycles. The minimum atomic E-state index is -0.363. The predicted octanol–water partition coefficient (Wildman–Crippen LogP) is 2.45. The van der Waals surface area contributed by atoms with Crippen LogP contribution in [0.4, 0.5) is 4.79 Å². The quantitative estimate of drug-likeness (QED) is 0.806. The molecule has 2 N–H and O–H groups in total. The van der Waals surface area contributed by atoms with E-state index in [1.807, 2.05) is 30.0 Å². The van der Waals surface area contributed by atoms with Crippen molar-refractivity contribution in [3.8, 4) is 0 Å². The smallest absolute Gasteiger partial charge is 0.317 e. The van der Waals surface area contributed by atoms with Crippen molar-refractivity contribution >= 4 is 6.03 Å². The van der Waals surface area contributed by atoms with Crippen LogP contribution in [0.15, 0.2) is 30.3 Å². The summed E-state index contributed by atoms with van der Waals surface area (Å²) in [4.78, 5) is 16.6. The molecule has 0 spiro atoms. The third-order valence-electron chi connectivity index (χ3n) is 4.50. The van der Waals surface area contributed by atoms with Crippen LogP contribution in [0.2, 0.25) is 0 Å². The van der Waals surface area contributed by atoms with Gasteiger partial charge in [-0.1, -0.05) is 30.3 Å². The van der Waals surface area contributed by atoms with Crippen molar-refractivity contribution in [2.75, 3.05) is 20.1 Å². The number of nitrogens with zero attached hydrogens (tertiary/aromatic N) is 2. The first-order valence-corrected chi connectivity index (χ1v) is 8.93. The van der Waals surface area contributed by atoms with E-state index in [-0.39, 0.29) is 24.2 Å². The van der Waals surface area contributed by atoms with Gasteiger partial charge < -0.3 is 20.2 Å². The average Bonchev–Trinajstić information content (AvgIpc) is 2.95. The molecule has 5 nitrogen and oxygen atoms in total. The first kappa shape index (κ1) is 18.7. The maximum Gasteiger partial charge on any atom is 0.317 e. The van der Waals surface area contributed by atoms with Crippen LogP contribution < -0.4 is 5.32 Å². The Bertz CT molecular complexity index is 507. The summed E-state index contributed by atoms with van der Waals surface area (Å²) in [5.74, 6) is 0. The van der Waals surface area contributed by atoms with E-state index in [9.17, 15) is 9.90 Å². The van der Waals surface area contributed by atoms with Gasteiger partial charge in [0.05, 0.1) is 6.10 Å². The third kappa shape index (κ3) is 5.80. The van der Waals surface area contributed by atoms with Gasteiger partial charge in [0.1, 0.15) is 0 Å². The van der Waals surface area contributed by atoms with E-state index in [2.05, 4.69) is 29.4 Å². The molecule has 1 fully saturated rings. The Morgan fingerprint density at radius 1 is 1.38 bits per heavy atom. The van der Waals surface area contributed by atoms with Gasteiger partial charge in [-0.25, -0.2) is 4.79 Å². The highest BCUT2D eigenvalue weighted by atomic mass is 16.3. The normalized spacial score (nSPS) is 20.2. The molecule has 0 bridgehead atoms. The lowest BCUT2D eigenvalue weighted by atomic mass is 10.1. The monoisotopic (exact) mass is 333 g/mol. The highest BCUT2D eigenvalue weighted by molar-refractivity contribution is 5.75. The summed E-state index contributed by atoms with van der Waals surface area (Å²) < 4.78 is 0. The minimum Gasteiger partial charge on any atom is -0.393 e. The van der Waals surface area contributed by atoms with Crippen molar-refractivity contribution in [2.24, 2.45) is 0 Å². The number of carbonyl (C=O) groups is 1. The summed E-state index contributed by atoms with van der Waals surface area (Å²) in [6.45, 7) is 6.29. The van der Waals surface area contributed by atoms with E-state index in [1.165, 1.54) is 5.56 Å². The molecule has 1 aromatic carbocycles. The van der Waals surface area contributed by atoms with Gasteiger partial charge in [-0.2, -0.15) is 0 Å². The van der Waals surface area contributed by atoms with E-state index in [1.54, 1.807) is 6.92 Å². The van der Waals surface area contributed by atoms with Crippen molar-refractivity contribution in [3.05, 3.63) is 35.9 Å². The number of likely N-dealkylation sites (tertiary alicyclic amines) is 1. The maximum absolute atomic E-state index is 12.5. The molecule has 2 rings (SSSR count). The summed E-state index contributed by atoms with van der Waals surface area (Å²) in [6.07, 6.45) is 2.31. The van der Waals surface area contributed by atoms with Crippen LogP contribution in [0, 0.1) is 0 Å². The van der Waals surface area contributed by atoms with Crippen molar-refractivity contribution < 1.29 is 9.90 Å². The van der Waals surface area contributed by atoms with Crippen LogP contribution in [0.25, 0.3) is 0 Å². The molecular formula is C19H31N3O2. The number of aliphatic hydroxyl groups excluding tert-OH is 1. The van der Waals surface area contributed by atoms with E-state index in [0.717, 1.165) is 32.5 Å². The molecule has 2 amide bonds. The summed E-state index contributed by atoms with van der Waals surface area (Å²) >= 11 is 0. The highest BCUT2D eigenvalue weighted by Gasteiger charge is 2.30. The van der Waals surface area contributed by atoms with E-state index >= 15 is 0 Å². The lowest BCUT2D eigenvalue weighted by molar-refractivity contribution is 0.136. The molecule has 0 saturated carbocycles. The molecule has 1 aliphatic heterocycles. The Labute approximate surface area is 145 Å². The highest BCUT2D eigenvalue weighted by Crippen LogP contribution is 2.21. The fourth-order valence-electron chi connectivity index (χ4n) is 3.51. The van der Waals surface area contributed by atoms with Crippen LogP contribution in [-0.4, -0.2) is 59.3 Å². The Kier molecular flexibility index (Phi) is 7.06. The van der Waals surface area contributed by atoms with Crippen LogP contribution in [0.3, 0.4) is 0 Å². The number of likely N-dealkylation sites (N-methyl/N-ethyl adjacent to an activating group) is 1. The van der Waals surface area contributed by atoms with Crippen molar-refractivity contribution in [2.45, 2.75) is 57.8 Å². The zero-order valence-electron chi connectivity index (χ0n) is 15.1. The van der Waals surface area contributed by atoms with Crippen LogP contribution in [0.5, 0.6) is 0 Å². The van der Waals surface area contributed by atoms with E-state index < -0.39 is 0 Å². The van der Waals surface area contributed by atoms with Crippen molar-refractivity contribution in [1.29, 1.82) is 0 Å². The van der Waals surface area contributed by atoms with Gasteiger partial charge in [-0.15, -0.1) is 0 Å². The number of hydrogen-bond donors (Lipinski definition) is 2. The number of amides is 2. The zero-order valence-corrected chi connectivity index (χ0v) is 15.1. The topological polar surface area (TPSA) is 55.8 Å². The summed E-state index contributed by atoms with van der Waals surface area (Å²) in [5, 5.41) is 12.7. The molecule has 1 saturated heterocycles. The number of benzene rings is 1. The summed E-state index contributed by atoms with van der Waals surface area (Å²) in [6, 6.07) is 10.6. The number of urea groups is 1. The molecule has 0 aromatic heterocycles. The van der Waals surface area contributed by atoms with E-state index in [0.29, 0.717) is 6.42 Å². The molecule has 134 valence electrons. The van der Waals surface area contributed by atoms with E-state index in [4.69, 9.17) is 0 Å². The molecular weight excluding hydrogens is 302 g/mol. The van der Waals surface area contributed by atoms with Gasteiger partial charge in [0.25, 0.3) is 0 Å². The molecule has 1 aromatic rings. The molecule has 1 aliphatic rings. The van der Waals surface area contributed by atoms with Crippen molar-refractivity contribution in [1.82, 2.24) is 15.1 Å². The predicted molar refractivity (Wildman–Crippen MR) is 96.8 cm³/mol. The SMILES string of the molecule is CC(O)CC1CCCN1C(=O)NC(C)CN(C)Cc1ccccc1. The van der Waals surface area contributed by atoms with Gasteiger partial charge >= 0.3 is 6.03 Å². The summed E-state index contributed by atoms with van der Waals surface area (Å²) in [5.41, 5.74) is 1.27. The van der Waals surface area contributed by atoms with Gasteiger partial charge in [0.15, 0.2) is 0 Å². The molecule has 24 heavy (non-hydrogen) atoms. The number of aliphatic hydroxyl groups is 1. The average molecular weight is 333 g/mol. The largest absolute Gasteiger partial charge is 0.393 e. The second-order valence-electron chi connectivity index (χ2n) is 7.11. The lowest BCUT2D eigenvalue weighted by Crippen LogP contribution is -2.49. The molecule has 3 atom stereocenters.